The second kappa shape index (κ2) is 4.79. The Hall–Kier alpha value is 0.950. The van der Waals surface area contributed by atoms with Gasteiger partial charge in [0.1, 0.15) is 0 Å². The predicted octanol–water partition coefficient (Wildman–Crippen LogP) is 1.44. The first-order valence-corrected chi connectivity index (χ1v) is 3.10. The van der Waals surface area contributed by atoms with Gasteiger partial charge in [0.2, 0.25) is 0 Å². The predicted molar refractivity (Wildman–Crippen MR) is 45.1 cm³/mol. The van der Waals surface area contributed by atoms with Gasteiger partial charge in [-0.1, -0.05) is 18.2 Å². The molecule has 0 N–H and O–H groups in total. The number of hydrogen-bond acceptors (Lipinski definition) is 0. The molecule has 0 saturated heterocycles. The van der Waals surface area contributed by atoms with Crippen LogP contribution >= 0.6 is 22.6 Å². The molecule has 0 heterocycles. The van der Waals surface area contributed by atoms with Gasteiger partial charge < -0.3 is 0 Å². The summed E-state index contributed by atoms with van der Waals surface area (Å²) in [7, 11) is 0. The Morgan fingerprint density at radius 2 is 2.12 bits per heavy atom. The third-order valence-corrected chi connectivity index (χ3v) is 1.34. The molecule has 8 heavy (non-hydrogen) atoms. The average molecular weight is 227 g/mol. The van der Waals surface area contributed by atoms with Crippen LogP contribution < -0.4 is 0 Å². The molecule has 1 aromatic rings. The summed E-state index contributed by atoms with van der Waals surface area (Å²) in [6.07, 6.45) is 0. The van der Waals surface area contributed by atoms with Crippen LogP contribution in [-0.2, 0) is 0 Å². The van der Waals surface area contributed by atoms with Crippen LogP contribution in [0, 0.1) is 9.64 Å². The van der Waals surface area contributed by atoms with Crippen LogP contribution in [-0.4, -0.2) is 29.6 Å². The van der Waals surface area contributed by atoms with Gasteiger partial charge in [-0.25, -0.2) is 0 Å². The van der Waals surface area contributed by atoms with Gasteiger partial charge in [-0.3, -0.25) is 0 Å². The molecular formula is C6H5INa. The summed E-state index contributed by atoms with van der Waals surface area (Å²) in [4.78, 5) is 0. The first kappa shape index (κ1) is 8.95. The van der Waals surface area contributed by atoms with E-state index in [1.165, 1.54) is 3.57 Å². The van der Waals surface area contributed by atoms with E-state index in [4.69, 9.17) is 0 Å². The summed E-state index contributed by atoms with van der Waals surface area (Å²) in [5, 5.41) is 0. The molecule has 0 atom stereocenters. The van der Waals surface area contributed by atoms with Crippen molar-refractivity contribution in [3.8, 4) is 0 Å². The van der Waals surface area contributed by atoms with E-state index in [0.717, 1.165) is 0 Å². The quantitative estimate of drug-likeness (QED) is 0.464. The van der Waals surface area contributed by atoms with Crippen molar-refractivity contribution in [2.75, 3.05) is 0 Å². The molecule has 2 heteroatoms. The molecule has 0 bridgehead atoms. The monoisotopic (exact) mass is 227 g/mol. The Labute approximate surface area is 85.1 Å². The van der Waals surface area contributed by atoms with Gasteiger partial charge in [0, 0.05) is 3.57 Å². The molecule has 0 saturated carbocycles. The van der Waals surface area contributed by atoms with Crippen molar-refractivity contribution >= 4 is 52.1 Å². The maximum atomic E-state index is 3.02. The third-order valence-electron chi connectivity index (χ3n) is 0.671. The SMILES string of the molecule is Ic1[c]cccc1.[NaH]. The van der Waals surface area contributed by atoms with Crippen molar-refractivity contribution in [2.45, 2.75) is 0 Å². The third kappa shape index (κ3) is 3.07. The zero-order chi connectivity index (χ0) is 5.11. The van der Waals surface area contributed by atoms with Crippen molar-refractivity contribution in [3.05, 3.63) is 33.9 Å². The average Bonchev–Trinajstić information content (AvgIpc) is 1.69. The Bertz CT molecular complexity index is 138. The molecule has 0 aromatic heterocycles. The minimum absolute atomic E-state index is 0. The topological polar surface area (TPSA) is 0 Å². The zero-order valence-electron chi connectivity index (χ0n) is 3.69. The molecule has 0 aliphatic carbocycles. The van der Waals surface area contributed by atoms with E-state index < -0.39 is 0 Å². The standard InChI is InChI=1S/C6H4I.Na.H/c7-6-4-2-1-3-5-6;;/h1-4H;;. The van der Waals surface area contributed by atoms with E-state index in [-0.39, 0.29) is 29.6 Å². The Morgan fingerprint density at radius 1 is 1.38 bits per heavy atom. The van der Waals surface area contributed by atoms with E-state index in [2.05, 4.69) is 28.7 Å². The normalized spacial score (nSPS) is 7.62. The molecule has 0 unspecified atom stereocenters. The Balaban J connectivity index is 0.000000490. The summed E-state index contributed by atoms with van der Waals surface area (Å²) in [6, 6.07) is 10.9. The number of rotatable bonds is 0. The first-order valence-electron chi connectivity index (χ1n) is 2.02. The molecule has 0 spiro atoms. The molecule has 0 fully saturated rings. The van der Waals surface area contributed by atoms with Crippen LogP contribution in [0.25, 0.3) is 0 Å². The van der Waals surface area contributed by atoms with E-state index in [0.29, 0.717) is 0 Å². The van der Waals surface area contributed by atoms with Gasteiger partial charge in [0.05, 0.1) is 0 Å². The number of halogens is 1. The van der Waals surface area contributed by atoms with Gasteiger partial charge in [-0.05, 0) is 34.7 Å². The molecule has 37 valence electrons. The van der Waals surface area contributed by atoms with Crippen LogP contribution in [0.5, 0.6) is 0 Å². The number of hydrogen-bond donors (Lipinski definition) is 0. The summed E-state index contributed by atoms with van der Waals surface area (Å²) >= 11 is 2.22. The van der Waals surface area contributed by atoms with Gasteiger partial charge in [-0.2, -0.15) is 0 Å². The molecule has 0 aliphatic heterocycles. The van der Waals surface area contributed by atoms with Crippen molar-refractivity contribution in [2.24, 2.45) is 0 Å². The fourth-order valence-electron chi connectivity index (χ4n) is 0.371. The second-order valence-electron chi connectivity index (χ2n) is 1.21. The molecule has 0 aliphatic rings. The fourth-order valence-corrected chi connectivity index (χ4v) is 0.759. The van der Waals surface area contributed by atoms with Gasteiger partial charge in [0.15, 0.2) is 0 Å². The van der Waals surface area contributed by atoms with Crippen molar-refractivity contribution < 1.29 is 0 Å². The number of benzene rings is 1. The van der Waals surface area contributed by atoms with E-state index in [1.54, 1.807) is 0 Å². The molecule has 1 rings (SSSR count). The first-order chi connectivity index (χ1) is 3.39. The van der Waals surface area contributed by atoms with Crippen LogP contribution in [0.4, 0.5) is 0 Å². The molecule has 1 radical (unpaired) electrons. The fraction of sp³-hybridized carbons (Fsp3) is 0. The van der Waals surface area contributed by atoms with Crippen LogP contribution in [0.3, 0.4) is 0 Å². The van der Waals surface area contributed by atoms with Crippen LogP contribution in [0.1, 0.15) is 0 Å². The molecule has 1 aromatic carbocycles. The summed E-state index contributed by atoms with van der Waals surface area (Å²) in [5.74, 6) is 0. The van der Waals surface area contributed by atoms with Gasteiger partial charge in [0.25, 0.3) is 0 Å². The molecule has 0 amide bonds. The van der Waals surface area contributed by atoms with Crippen molar-refractivity contribution in [1.82, 2.24) is 0 Å². The van der Waals surface area contributed by atoms with Gasteiger partial charge >= 0.3 is 29.6 Å². The minimum atomic E-state index is 0. The Kier molecular flexibility index (Phi) is 5.36. The maximum absolute atomic E-state index is 3.02. The van der Waals surface area contributed by atoms with Crippen LogP contribution in [0.2, 0.25) is 0 Å². The van der Waals surface area contributed by atoms with E-state index in [1.807, 2.05) is 24.3 Å². The molecular weight excluding hydrogens is 222 g/mol. The Morgan fingerprint density at radius 3 is 2.38 bits per heavy atom. The zero-order valence-corrected chi connectivity index (χ0v) is 5.84. The van der Waals surface area contributed by atoms with E-state index >= 15 is 0 Å². The molecule has 0 nitrogen and oxygen atoms in total. The van der Waals surface area contributed by atoms with Crippen molar-refractivity contribution in [1.29, 1.82) is 0 Å². The van der Waals surface area contributed by atoms with Crippen molar-refractivity contribution in [3.63, 3.8) is 0 Å². The summed E-state index contributed by atoms with van der Waals surface area (Å²) in [6.45, 7) is 0. The van der Waals surface area contributed by atoms with Crippen LogP contribution in [0.15, 0.2) is 24.3 Å². The van der Waals surface area contributed by atoms with Gasteiger partial charge in [-0.15, -0.1) is 0 Å². The van der Waals surface area contributed by atoms with E-state index in [9.17, 15) is 0 Å². The summed E-state index contributed by atoms with van der Waals surface area (Å²) < 4.78 is 1.17. The second-order valence-corrected chi connectivity index (χ2v) is 2.37. The summed E-state index contributed by atoms with van der Waals surface area (Å²) in [5.41, 5.74) is 0.